The predicted molar refractivity (Wildman–Crippen MR) is 61.0 cm³/mol. The third kappa shape index (κ3) is 2.80. The minimum Gasteiger partial charge on any atom is -0.340 e. The van der Waals surface area contributed by atoms with Gasteiger partial charge in [-0.2, -0.15) is 4.98 Å². The third-order valence-electron chi connectivity index (χ3n) is 3.15. The molecule has 0 atom stereocenters. The molecule has 16 heavy (non-hydrogen) atoms. The van der Waals surface area contributed by atoms with Gasteiger partial charge in [-0.15, -0.1) is 0 Å². The Balaban J connectivity index is 1.94. The zero-order valence-electron chi connectivity index (χ0n) is 10.1. The van der Waals surface area contributed by atoms with E-state index in [0.717, 1.165) is 32.0 Å². The van der Waals surface area contributed by atoms with Gasteiger partial charge in [0.15, 0.2) is 5.82 Å². The Kier molecular flexibility index (Phi) is 3.90. The Morgan fingerprint density at radius 2 is 2.19 bits per heavy atom. The lowest BCUT2D eigenvalue weighted by molar-refractivity contribution is 0.157. The second-order valence-corrected chi connectivity index (χ2v) is 4.27. The van der Waals surface area contributed by atoms with Crippen LogP contribution in [0.5, 0.6) is 0 Å². The Morgan fingerprint density at radius 1 is 1.44 bits per heavy atom. The van der Waals surface area contributed by atoms with Crippen molar-refractivity contribution in [2.45, 2.75) is 39.3 Å². The predicted octanol–water partition coefficient (Wildman–Crippen LogP) is 0.952. The zero-order chi connectivity index (χ0) is 11.4. The van der Waals surface area contributed by atoms with Crippen molar-refractivity contribution in [3.8, 4) is 0 Å². The van der Waals surface area contributed by atoms with Gasteiger partial charge in [0.25, 0.3) is 0 Å². The SMILES string of the molecule is CCN(Cc1noc(C)n1)C1CCNCC1. The van der Waals surface area contributed by atoms with E-state index < -0.39 is 0 Å². The minimum absolute atomic E-state index is 0.649. The van der Waals surface area contributed by atoms with Crippen LogP contribution in [0.25, 0.3) is 0 Å². The van der Waals surface area contributed by atoms with Crippen LogP contribution in [0.1, 0.15) is 31.5 Å². The molecule has 0 radical (unpaired) electrons. The maximum atomic E-state index is 5.00. The number of nitrogens with one attached hydrogen (secondary N) is 1. The summed E-state index contributed by atoms with van der Waals surface area (Å²) in [5.74, 6) is 1.45. The first-order valence-electron chi connectivity index (χ1n) is 6.03. The molecule has 0 spiro atoms. The fraction of sp³-hybridized carbons (Fsp3) is 0.818. The smallest absolute Gasteiger partial charge is 0.223 e. The average molecular weight is 224 g/mol. The molecule has 1 aliphatic rings. The number of nitrogens with zero attached hydrogens (tertiary/aromatic N) is 3. The molecule has 1 fully saturated rings. The highest BCUT2D eigenvalue weighted by Gasteiger charge is 2.21. The van der Waals surface area contributed by atoms with Crippen molar-refractivity contribution in [2.75, 3.05) is 19.6 Å². The molecule has 1 N–H and O–H groups in total. The van der Waals surface area contributed by atoms with Gasteiger partial charge in [0, 0.05) is 13.0 Å². The van der Waals surface area contributed by atoms with E-state index in [2.05, 4.69) is 27.3 Å². The fourth-order valence-electron chi connectivity index (χ4n) is 2.26. The quantitative estimate of drug-likeness (QED) is 0.825. The topological polar surface area (TPSA) is 54.2 Å². The Bertz CT molecular complexity index is 320. The van der Waals surface area contributed by atoms with Crippen molar-refractivity contribution in [2.24, 2.45) is 0 Å². The summed E-state index contributed by atoms with van der Waals surface area (Å²) < 4.78 is 5.00. The average Bonchev–Trinajstić information content (AvgIpc) is 2.73. The molecule has 1 aromatic rings. The van der Waals surface area contributed by atoms with Crippen molar-refractivity contribution in [1.29, 1.82) is 0 Å². The van der Waals surface area contributed by atoms with E-state index in [1.165, 1.54) is 12.8 Å². The molecule has 0 amide bonds. The normalized spacial score (nSPS) is 18.2. The largest absolute Gasteiger partial charge is 0.340 e. The lowest BCUT2D eigenvalue weighted by Gasteiger charge is -2.32. The van der Waals surface area contributed by atoms with Crippen LogP contribution in [-0.4, -0.2) is 40.7 Å². The molecule has 90 valence electrons. The molecule has 5 heteroatoms. The van der Waals surface area contributed by atoms with Crippen molar-refractivity contribution < 1.29 is 4.52 Å². The summed E-state index contributed by atoms with van der Waals surface area (Å²) >= 11 is 0. The van der Waals surface area contributed by atoms with Crippen LogP contribution in [0.3, 0.4) is 0 Å². The van der Waals surface area contributed by atoms with E-state index in [4.69, 9.17) is 4.52 Å². The summed E-state index contributed by atoms with van der Waals surface area (Å²) in [6.45, 7) is 8.10. The zero-order valence-corrected chi connectivity index (χ0v) is 10.1. The van der Waals surface area contributed by atoms with Gasteiger partial charge in [0.2, 0.25) is 5.89 Å². The molecule has 2 rings (SSSR count). The van der Waals surface area contributed by atoms with E-state index in [1.807, 2.05) is 6.92 Å². The molecule has 1 aromatic heterocycles. The molecule has 0 unspecified atom stereocenters. The fourth-order valence-corrected chi connectivity index (χ4v) is 2.26. The summed E-state index contributed by atoms with van der Waals surface area (Å²) in [4.78, 5) is 6.69. The van der Waals surface area contributed by atoms with Gasteiger partial charge in [-0.25, -0.2) is 0 Å². The van der Waals surface area contributed by atoms with Gasteiger partial charge in [0.1, 0.15) is 0 Å². The van der Waals surface area contributed by atoms with E-state index in [9.17, 15) is 0 Å². The van der Waals surface area contributed by atoms with Crippen LogP contribution in [0.2, 0.25) is 0 Å². The van der Waals surface area contributed by atoms with Crippen molar-refractivity contribution in [3.05, 3.63) is 11.7 Å². The summed E-state index contributed by atoms with van der Waals surface area (Å²) in [6.07, 6.45) is 2.43. The second kappa shape index (κ2) is 5.41. The van der Waals surface area contributed by atoms with Gasteiger partial charge in [-0.3, -0.25) is 4.90 Å². The number of aromatic nitrogens is 2. The van der Waals surface area contributed by atoms with Crippen LogP contribution < -0.4 is 5.32 Å². The molecule has 0 aliphatic carbocycles. The lowest BCUT2D eigenvalue weighted by Crippen LogP contribution is -2.42. The van der Waals surface area contributed by atoms with Gasteiger partial charge < -0.3 is 9.84 Å². The van der Waals surface area contributed by atoms with Crippen LogP contribution in [-0.2, 0) is 6.54 Å². The second-order valence-electron chi connectivity index (χ2n) is 4.27. The van der Waals surface area contributed by atoms with Crippen LogP contribution in [0.4, 0.5) is 0 Å². The molecule has 0 aromatic carbocycles. The van der Waals surface area contributed by atoms with E-state index in [1.54, 1.807) is 0 Å². The summed E-state index contributed by atoms with van der Waals surface area (Å²) in [5.41, 5.74) is 0. The summed E-state index contributed by atoms with van der Waals surface area (Å²) in [7, 11) is 0. The molecule has 1 aliphatic heterocycles. The molecule has 5 nitrogen and oxygen atoms in total. The monoisotopic (exact) mass is 224 g/mol. The van der Waals surface area contributed by atoms with Gasteiger partial charge in [-0.05, 0) is 32.5 Å². The van der Waals surface area contributed by atoms with Crippen molar-refractivity contribution >= 4 is 0 Å². The Morgan fingerprint density at radius 3 is 2.75 bits per heavy atom. The van der Waals surface area contributed by atoms with Gasteiger partial charge >= 0.3 is 0 Å². The summed E-state index contributed by atoms with van der Waals surface area (Å²) in [5, 5.41) is 7.34. The van der Waals surface area contributed by atoms with Crippen molar-refractivity contribution in [1.82, 2.24) is 20.4 Å². The highest BCUT2D eigenvalue weighted by Crippen LogP contribution is 2.13. The number of rotatable bonds is 4. The summed E-state index contributed by atoms with van der Waals surface area (Å²) in [6, 6.07) is 0.657. The Hall–Kier alpha value is -0.940. The molecular weight excluding hydrogens is 204 g/mol. The van der Waals surface area contributed by atoms with Gasteiger partial charge in [-0.1, -0.05) is 12.1 Å². The number of piperidine rings is 1. The highest BCUT2D eigenvalue weighted by atomic mass is 16.5. The lowest BCUT2D eigenvalue weighted by atomic mass is 10.0. The molecule has 0 saturated carbocycles. The van der Waals surface area contributed by atoms with Crippen molar-refractivity contribution in [3.63, 3.8) is 0 Å². The first-order valence-corrected chi connectivity index (χ1v) is 6.03. The van der Waals surface area contributed by atoms with Crippen LogP contribution in [0.15, 0.2) is 4.52 Å². The Labute approximate surface area is 96.2 Å². The van der Waals surface area contributed by atoms with E-state index >= 15 is 0 Å². The maximum Gasteiger partial charge on any atom is 0.223 e. The highest BCUT2D eigenvalue weighted by molar-refractivity contribution is 4.86. The number of hydrogen-bond donors (Lipinski definition) is 1. The molecule has 0 bridgehead atoms. The third-order valence-corrected chi connectivity index (χ3v) is 3.15. The molecular formula is C11H20N4O. The number of aryl methyl sites for hydroxylation is 1. The molecule has 2 heterocycles. The van der Waals surface area contributed by atoms with Crippen LogP contribution in [0, 0.1) is 6.92 Å². The first kappa shape index (κ1) is 11.5. The minimum atomic E-state index is 0.649. The van der Waals surface area contributed by atoms with Gasteiger partial charge in [0.05, 0.1) is 6.54 Å². The standard InChI is InChI=1S/C11H20N4O/c1-3-15(10-4-6-12-7-5-10)8-11-13-9(2)16-14-11/h10,12H,3-8H2,1-2H3. The van der Waals surface area contributed by atoms with E-state index in [-0.39, 0.29) is 0 Å². The van der Waals surface area contributed by atoms with E-state index in [0.29, 0.717) is 11.9 Å². The van der Waals surface area contributed by atoms with Crippen LogP contribution >= 0.6 is 0 Å². The molecule has 1 saturated heterocycles. The maximum absolute atomic E-state index is 5.00. The number of hydrogen-bond acceptors (Lipinski definition) is 5. The first-order chi connectivity index (χ1) is 7.79.